The molecule has 0 spiro atoms. The van der Waals surface area contributed by atoms with E-state index < -0.39 is 0 Å². The molecular formula is C13H18BrNO2. The molecule has 1 aromatic rings. The molecular weight excluding hydrogens is 282 g/mol. The number of rotatable bonds is 5. The third-order valence-corrected chi connectivity index (χ3v) is 3.18. The molecule has 0 bridgehead atoms. The summed E-state index contributed by atoms with van der Waals surface area (Å²) >= 11 is 3.36. The quantitative estimate of drug-likeness (QED) is 0.821. The van der Waals surface area contributed by atoms with Crippen molar-refractivity contribution in [1.82, 2.24) is 5.32 Å². The number of hydrogen-bond donors (Lipinski definition) is 2. The van der Waals surface area contributed by atoms with Crippen LogP contribution in [0.5, 0.6) is 5.75 Å². The van der Waals surface area contributed by atoms with E-state index in [2.05, 4.69) is 21.2 Å². The molecule has 1 aromatic carbocycles. The average molecular weight is 300 g/mol. The largest absolute Gasteiger partial charge is 0.508 e. The summed E-state index contributed by atoms with van der Waals surface area (Å²) in [7, 11) is 0. The van der Waals surface area contributed by atoms with E-state index in [9.17, 15) is 9.90 Å². The Morgan fingerprint density at radius 3 is 2.82 bits per heavy atom. The third kappa shape index (κ3) is 4.38. The lowest BCUT2D eigenvalue weighted by Gasteiger charge is -2.13. The molecule has 3 nitrogen and oxygen atoms in total. The van der Waals surface area contributed by atoms with Gasteiger partial charge in [-0.05, 0) is 44.4 Å². The number of aryl methyl sites for hydroxylation is 1. The minimum atomic E-state index is -0.137. The molecule has 0 fully saturated rings. The fraction of sp³-hybridized carbons (Fsp3) is 0.462. The van der Waals surface area contributed by atoms with Crippen LogP contribution in [0.3, 0.4) is 0 Å². The Morgan fingerprint density at radius 2 is 2.24 bits per heavy atom. The zero-order valence-corrected chi connectivity index (χ0v) is 11.8. The average Bonchev–Trinajstić information content (AvgIpc) is 2.30. The van der Waals surface area contributed by atoms with Crippen molar-refractivity contribution >= 4 is 21.8 Å². The topological polar surface area (TPSA) is 49.3 Å². The molecule has 0 aromatic heterocycles. The number of alkyl halides is 1. The number of halogens is 1. The third-order valence-electron chi connectivity index (χ3n) is 2.62. The predicted molar refractivity (Wildman–Crippen MR) is 72.8 cm³/mol. The molecule has 94 valence electrons. The Labute approximate surface area is 110 Å². The second-order valence-electron chi connectivity index (χ2n) is 4.21. The zero-order chi connectivity index (χ0) is 12.8. The van der Waals surface area contributed by atoms with Gasteiger partial charge in [-0.3, -0.25) is 4.79 Å². The Morgan fingerprint density at radius 1 is 1.53 bits per heavy atom. The van der Waals surface area contributed by atoms with Crippen LogP contribution >= 0.6 is 15.9 Å². The summed E-state index contributed by atoms with van der Waals surface area (Å²) in [6.07, 6.45) is 1.97. The molecule has 0 heterocycles. The fourth-order valence-electron chi connectivity index (χ4n) is 1.51. The monoisotopic (exact) mass is 299 g/mol. The van der Waals surface area contributed by atoms with E-state index in [1.54, 1.807) is 19.1 Å². The van der Waals surface area contributed by atoms with Crippen molar-refractivity contribution in [3.63, 3.8) is 0 Å². The first-order valence-electron chi connectivity index (χ1n) is 5.71. The highest BCUT2D eigenvalue weighted by atomic mass is 79.9. The molecule has 4 heteroatoms. The SMILES string of the molecule is Cc1ccc(C(=O)NC(C)CCCBr)cc1O. The van der Waals surface area contributed by atoms with Crippen molar-refractivity contribution in [3.05, 3.63) is 29.3 Å². The van der Waals surface area contributed by atoms with Gasteiger partial charge in [0.05, 0.1) is 0 Å². The molecule has 0 saturated heterocycles. The summed E-state index contributed by atoms with van der Waals surface area (Å²) in [5, 5.41) is 13.4. The second kappa shape index (κ2) is 6.64. The van der Waals surface area contributed by atoms with Gasteiger partial charge in [-0.25, -0.2) is 0 Å². The van der Waals surface area contributed by atoms with Crippen molar-refractivity contribution in [1.29, 1.82) is 0 Å². The molecule has 0 radical (unpaired) electrons. The van der Waals surface area contributed by atoms with Crippen LogP contribution in [0.4, 0.5) is 0 Å². The molecule has 0 aliphatic rings. The van der Waals surface area contributed by atoms with Crippen molar-refractivity contribution in [2.75, 3.05) is 5.33 Å². The molecule has 1 atom stereocenters. The first-order valence-corrected chi connectivity index (χ1v) is 6.83. The van der Waals surface area contributed by atoms with E-state index in [0.29, 0.717) is 5.56 Å². The molecule has 0 aliphatic heterocycles. The van der Waals surface area contributed by atoms with E-state index >= 15 is 0 Å². The highest BCUT2D eigenvalue weighted by molar-refractivity contribution is 9.09. The standard InChI is InChI=1S/C13H18BrNO2/c1-9-5-6-11(8-12(9)16)13(17)15-10(2)4-3-7-14/h5-6,8,10,16H,3-4,7H2,1-2H3,(H,15,17). The van der Waals surface area contributed by atoms with E-state index in [-0.39, 0.29) is 17.7 Å². The second-order valence-corrected chi connectivity index (χ2v) is 5.00. The van der Waals surface area contributed by atoms with Gasteiger partial charge in [0.1, 0.15) is 5.75 Å². The Kier molecular flexibility index (Phi) is 5.48. The van der Waals surface area contributed by atoms with Gasteiger partial charge in [0.25, 0.3) is 5.91 Å². The van der Waals surface area contributed by atoms with Gasteiger partial charge < -0.3 is 10.4 Å². The number of nitrogens with one attached hydrogen (secondary N) is 1. The number of aromatic hydroxyl groups is 1. The molecule has 0 aliphatic carbocycles. The number of carbonyl (C=O) groups excluding carboxylic acids is 1. The maximum absolute atomic E-state index is 11.8. The van der Waals surface area contributed by atoms with Crippen LogP contribution in [0.15, 0.2) is 18.2 Å². The van der Waals surface area contributed by atoms with Crippen LogP contribution in [-0.2, 0) is 0 Å². The van der Waals surface area contributed by atoms with Gasteiger partial charge in [-0.1, -0.05) is 22.0 Å². The van der Waals surface area contributed by atoms with Crippen LogP contribution in [0.1, 0.15) is 35.7 Å². The van der Waals surface area contributed by atoms with E-state index in [1.165, 1.54) is 6.07 Å². The van der Waals surface area contributed by atoms with Crippen molar-refractivity contribution in [2.45, 2.75) is 32.7 Å². The van der Waals surface area contributed by atoms with Gasteiger partial charge in [-0.15, -0.1) is 0 Å². The summed E-state index contributed by atoms with van der Waals surface area (Å²) in [6.45, 7) is 3.78. The molecule has 1 rings (SSSR count). The Balaban J connectivity index is 2.60. The number of phenolic OH excluding ortho intramolecular Hbond substituents is 1. The Bertz CT molecular complexity index is 393. The van der Waals surface area contributed by atoms with Crippen LogP contribution < -0.4 is 5.32 Å². The molecule has 17 heavy (non-hydrogen) atoms. The van der Waals surface area contributed by atoms with Crippen molar-refractivity contribution < 1.29 is 9.90 Å². The fourth-order valence-corrected chi connectivity index (χ4v) is 1.84. The highest BCUT2D eigenvalue weighted by Gasteiger charge is 2.10. The van der Waals surface area contributed by atoms with Gasteiger partial charge in [0.15, 0.2) is 0 Å². The normalized spacial score (nSPS) is 12.2. The van der Waals surface area contributed by atoms with Gasteiger partial charge in [0.2, 0.25) is 0 Å². The minimum absolute atomic E-state index is 0.137. The lowest BCUT2D eigenvalue weighted by molar-refractivity contribution is 0.0938. The summed E-state index contributed by atoms with van der Waals surface area (Å²) in [5.41, 5.74) is 1.27. The molecule has 2 N–H and O–H groups in total. The predicted octanol–water partition coefficient (Wildman–Crippen LogP) is 2.99. The van der Waals surface area contributed by atoms with Crippen LogP contribution in [0.25, 0.3) is 0 Å². The highest BCUT2D eigenvalue weighted by Crippen LogP contribution is 2.17. The molecule has 1 amide bonds. The Hall–Kier alpha value is -1.03. The lowest BCUT2D eigenvalue weighted by Crippen LogP contribution is -2.32. The van der Waals surface area contributed by atoms with Crippen molar-refractivity contribution in [2.24, 2.45) is 0 Å². The van der Waals surface area contributed by atoms with Crippen LogP contribution in [0, 0.1) is 6.92 Å². The number of phenols is 1. The smallest absolute Gasteiger partial charge is 0.251 e. The van der Waals surface area contributed by atoms with E-state index in [0.717, 1.165) is 23.7 Å². The maximum atomic E-state index is 11.8. The van der Waals surface area contributed by atoms with Crippen LogP contribution in [0.2, 0.25) is 0 Å². The zero-order valence-electron chi connectivity index (χ0n) is 10.2. The van der Waals surface area contributed by atoms with Gasteiger partial charge >= 0.3 is 0 Å². The molecule has 0 saturated carbocycles. The first kappa shape index (κ1) is 14.0. The first-order chi connectivity index (χ1) is 8.04. The van der Waals surface area contributed by atoms with Crippen molar-refractivity contribution in [3.8, 4) is 5.75 Å². The van der Waals surface area contributed by atoms with E-state index in [4.69, 9.17) is 0 Å². The maximum Gasteiger partial charge on any atom is 0.251 e. The summed E-state index contributed by atoms with van der Waals surface area (Å²) in [4.78, 5) is 11.8. The lowest BCUT2D eigenvalue weighted by atomic mass is 10.1. The molecule has 1 unspecified atom stereocenters. The summed E-state index contributed by atoms with van der Waals surface area (Å²) in [5.74, 6) is 0.0214. The van der Waals surface area contributed by atoms with Crippen LogP contribution in [-0.4, -0.2) is 22.4 Å². The van der Waals surface area contributed by atoms with Gasteiger partial charge in [0, 0.05) is 16.9 Å². The number of carbonyl (C=O) groups is 1. The number of amides is 1. The number of hydrogen-bond acceptors (Lipinski definition) is 2. The number of benzene rings is 1. The minimum Gasteiger partial charge on any atom is -0.508 e. The summed E-state index contributed by atoms with van der Waals surface area (Å²) < 4.78 is 0. The van der Waals surface area contributed by atoms with E-state index in [1.807, 2.05) is 6.92 Å². The van der Waals surface area contributed by atoms with Gasteiger partial charge in [-0.2, -0.15) is 0 Å². The summed E-state index contributed by atoms with van der Waals surface area (Å²) in [6, 6.07) is 5.11.